The van der Waals surface area contributed by atoms with Gasteiger partial charge in [0.2, 0.25) is 0 Å². The highest BCUT2D eigenvalue weighted by Crippen LogP contribution is 2.22. The molecule has 1 fully saturated rings. The first-order valence-corrected chi connectivity index (χ1v) is 6.95. The molecule has 0 spiro atoms. The number of hydrogen-bond acceptors (Lipinski definition) is 3. The van der Waals surface area contributed by atoms with Gasteiger partial charge < -0.3 is 10.1 Å². The van der Waals surface area contributed by atoms with Gasteiger partial charge in [-0.2, -0.15) is 0 Å². The molecule has 0 aromatic rings. The van der Waals surface area contributed by atoms with Crippen molar-refractivity contribution in [3.05, 3.63) is 0 Å². The van der Waals surface area contributed by atoms with Gasteiger partial charge in [-0.25, -0.2) is 0 Å². The molecule has 0 saturated carbocycles. The summed E-state index contributed by atoms with van der Waals surface area (Å²) >= 11 is 1.84. The monoisotopic (exact) mass is 244 g/mol. The molecule has 1 atom stereocenters. The van der Waals surface area contributed by atoms with Crippen LogP contribution in [0.1, 0.15) is 33.6 Å². The Balaban J connectivity index is 2.38. The van der Waals surface area contributed by atoms with Gasteiger partial charge in [-0.15, -0.1) is 0 Å². The molecule has 1 heterocycles. The van der Waals surface area contributed by atoms with Crippen LogP contribution in [0.2, 0.25) is 0 Å². The average molecular weight is 244 g/mol. The molecular weight excluding hydrogens is 220 g/mol. The molecule has 1 rings (SSSR count). The predicted molar refractivity (Wildman–Crippen MR) is 72.2 cm³/mol. The van der Waals surface area contributed by atoms with Crippen LogP contribution in [-0.4, -0.2) is 37.2 Å². The van der Waals surface area contributed by atoms with E-state index in [1.807, 2.05) is 11.8 Å². The van der Waals surface area contributed by atoms with Crippen LogP contribution < -0.4 is 5.32 Å². The Labute approximate surface area is 103 Å². The number of rotatable bonds is 5. The van der Waals surface area contributed by atoms with E-state index in [1.165, 1.54) is 12.2 Å². The third kappa shape index (κ3) is 5.21. The SMILES string of the molecule is COCCC(C)(C)CN=C1NC(C)CCS1. The molecule has 0 amide bonds. The minimum Gasteiger partial charge on any atom is -0.385 e. The number of ether oxygens (including phenoxy) is 1. The number of methoxy groups -OCH3 is 1. The fourth-order valence-electron chi connectivity index (χ4n) is 1.49. The topological polar surface area (TPSA) is 33.6 Å². The molecule has 94 valence electrons. The van der Waals surface area contributed by atoms with Crippen molar-refractivity contribution < 1.29 is 4.74 Å². The number of aliphatic imine (C=N–C) groups is 1. The highest BCUT2D eigenvalue weighted by molar-refractivity contribution is 8.13. The van der Waals surface area contributed by atoms with Gasteiger partial charge in [0.25, 0.3) is 0 Å². The normalized spacial score (nSPS) is 24.5. The van der Waals surface area contributed by atoms with Gasteiger partial charge in [0, 0.05) is 32.1 Å². The summed E-state index contributed by atoms with van der Waals surface area (Å²) in [4.78, 5) is 4.67. The first kappa shape index (κ1) is 13.8. The van der Waals surface area contributed by atoms with E-state index < -0.39 is 0 Å². The lowest BCUT2D eigenvalue weighted by atomic mass is 9.90. The number of nitrogens with one attached hydrogen (secondary N) is 1. The third-order valence-electron chi connectivity index (χ3n) is 2.79. The number of thioether (sulfide) groups is 1. The Morgan fingerprint density at radius 1 is 1.56 bits per heavy atom. The van der Waals surface area contributed by atoms with Crippen LogP contribution in [0.3, 0.4) is 0 Å². The molecule has 0 radical (unpaired) electrons. The zero-order valence-corrected chi connectivity index (χ0v) is 11.7. The Bertz CT molecular complexity index is 241. The van der Waals surface area contributed by atoms with Gasteiger partial charge in [-0.05, 0) is 25.2 Å². The highest BCUT2D eigenvalue weighted by Gasteiger charge is 2.19. The van der Waals surface area contributed by atoms with Crippen LogP contribution in [-0.2, 0) is 4.74 Å². The molecular formula is C12H24N2OS. The highest BCUT2D eigenvalue weighted by atomic mass is 32.2. The second-order valence-electron chi connectivity index (χ2n) is 5.21. The maximum atomic E-state index is 5.12. The van der Waals surface area contributed by atoms with E-state index in [0.717, 1.165) is 24.7 Å². The minimum atomic E-state index is 0.228. The molecule has 16 heavy (non-hydrogen) atoms. The van der Waals surface area contributed by atoms with Crippen LogP contribution in [0.25, 0.3) is 0 Å². The summed E-state index contributed by atoms with van der Waals surface area (Å²) in [5, 5.41) is 4.54. The standard InChI is InChI=1S/C12H24N2OS/c1-10-5-8-16-11(14-10)13-9-12(2,3)6-7-15-4/h10H,5-9H2,1-4H3,(H,13,14). The van der Waals surface area contributed by atoms with Gasteiger partial charge in [-0.3, -0.25) is 4.99 Å². The van der Waals surface area contributed by atoms with Crippen molar-refractivity contribution in [3.8, 4) is 0 Å². The van der Waals surface area contributed by atoms with Crippen molar-refractivity contribution in [3.63, 3.8) is 0 Å². The fourth-order valence-corrected chi connectivity index (χ4v) is 2.60. The predicted octanol–water partition coefficient (Wildman–Crippen LogP) is 2.52. The lowest BCUT2D eigenvalue weighted by Gasteiger charge is -2.25. The molecule has 0 aromatic heterocycles. The maximum absolute atomic E-state index is 5.12. The van der Waals surface area contributed by atoms with E-state index in [4.69, 9.17) is 4.74 Å². The molecule has 1 N–H and O–H groups in total. The largest absolute Gasteiger partial charge is 0.385 e. The number of amidine groups is 1. The first-order valence-electron chi connectivity index (χ1n) is 5.96. The van der Waals surface area contributed by atoms with Gasteiger partial charge in [0.05, 0.1) is 0 Å². The molecule has 3 nitrogen and oxygen atoms in total. The van der Waals surface area contributed by atoms with E-state index in [-0.39, 0.29) is 5.41 Å². The van der Waals surface area contributed by atoms with Crippen LogP contribution >= 0.6 is 11.8 Å². The fraction of sp³-hybridized carbons (Fsp3) is 0.917. The third-order valence-corrected chi connectivity index (χ3v) is 3.75. The second kappa shape index (κ2) is 6.50. The van der Waals surface area contributed by atoms with E-state index in [2.05, 4.69) is 31.1 Å². The van der Waals surface area contributed by atoms with E-state index in [0.29, 0.717) is 6.04 Å². The minimum absolute atomic E-state index is 0.228. The smallest absolute Gasteiger partial charge is 0.156 e. The van der Waals surface area contributed by atoms with Crippen molar-refractivity contribution in [2.45, 2.75) is 39.7 Å². The molecule has 0 bridgehead atoms. The Morgan fingerprint density at radius 3 is 2.94 bits per heavy atom. The number of hydrogen-bond donors (Lipinski definition) is 1. The summed E-state index contributed by atoms with van der Waals surface area (Å²) in [6.07, 6.45) is 2.29. The van der Waals surface area contributed by atoms with Crippen molar-refractivity contribution in [1.82, 2.24) is 5.32 Å². The lowest BCUT2D eigenvalue weighted by Crippen LogP contribution is -2.36. The zero-order chi connectivity index (χ0) is 12.0. The summed E-state index contributed by atoms with van der Waals surface area (Å²) in [5.74, 6) is 1.19. The molecule has 1 aliphatic rings. The maximum Gasteiger partial charge on any atom is 0.156 e. The average Bonchev–Trinajstić information content (AvgIpc) is 2.24. The van der Waals surface area contributed by atoms with E-state index in [1.54, 1.807) is 7.11 Å². The summed E-state index contributed by atoms with van der Waals surface area (Å²) in [6.45, 7) is 8.39. The van der Waals surface area contributed by atoms with Gasteiger partial charge in [0.1, 0.15) is 0 Å². The van der Waals surface area contributed by atoms with Gasteiger partial charge in [0.15, 0.2) is 5.17 Å². The van der Waals surface area contributed by atoms with Crippen LogP contribution in [0.5, 0.6) is 0 Å². The molecule has 0 aliphatic carbocycles. The number of nitrogens with zero attached hydrogens (tertiary/aromatic N) is 1. The summed E-state index contributed by atoms with van der Waals surface area (Å²) < 4.78 is 5.12. The quantitative estimate of drug-likeness (QED) is 0.807. The van der Waals surface area contributed by atoms with Gasteiger partial charge in [-0.1, -0.05) is 25.6 Å². The van der Waals surface area contributed by atoms with E-state index in [9.17, 15) is 0 Å². The van der Waals surface area contributed by atoms with Gasteiger partial charge >= 0.3 is 0 Å². The Morgan fingerprint density at radius 2 is 2.31 bits per heavy atom. The second-order valence-corrected chi connectivity index (χ2v) is 6.29. The van der Waals surface area contributed by atoms with Crippen LogP contribution in [0, 0.1) is 5.41 Å². The summed E-state index contributed by atoms with van der Waals surface area (Å²) in [7, 11) is 1.75. The summed E-state index contributed by atoms with van der Waals surface area (Å²) in [5.41, 5.74) is 0.228. The Hall–Kier alpha value is -0.220. The van der Waals surface area contributed by atoms with Crippen molar-refractivity contribution >= 4 is 16.9 Å². The molecule has 1 saturated heterocycles. The summed E-state index contributed by atoms with van der Waals surface area (Å²) in [6, 6.07) is 0.571. The molecule has 0 aromatic carbocycles. The molecule has 1 unspecified atom stereocenters. The van der Waals surface area contributed by atoms with Crippen molar-refractivity contribution in [2.75, 3.05) is 26.0 Å². The van der Waals surface area contributed by atoms with Crippen molar-refractivity contribution in [1.29, 1.82) is 0 Å². The molecule has 1 aliphatic heterocycles. The van der Waals surface area contributed by atoms with Crippen LogP contribution in [0.15, 0.2) is 4.99 Å². The van der Waals surface area contributed by atoms with E-state index >= 15 is 0 Å². The van der Waals surface area contributed by atoms with Crippen LogP contribution in [0.4, 0.5) is 0 Å². The molecule has 4 heteroatoms. The van der Waals surface area contributed by atoms with Crippen molar-refractivity contribution in [2.24, 2.45) is 10.4 Å². The Kier molecular flexibility index (Phi) is 5.62. The lowest BCUT2D eigenvalue weighted by molar-refractivity contribution is 0.155. The first-order chi connectivity index (χ1) is 7.53. The zero-order valence-electron chi connectivity index (χ0n) is 10.9.